The number of halogens is 1. The molecule has 14 heavy (non-hydrogen) atoms. The Morgan fingerprint density at radius 2 is 2.14 bits per heavy atom. The molecule has 0 atom stereocenters. The van der Waals surface area contributed by atoms with Gasteiger partial charge in [0.05, 0.1) is 17.8 Å². The molecule has 0 saturated carbocycles. The highest BCUT2D eigenvalue weighted by Gasteiger charge is 2.02. The molecule has 0 spiro atoms. The van der Waals surface area contributed by atoms with Crippen LogP contribution in [0.2, 0.25) is 0 Å². The fraction of sp³-hybridized carbons (Fsp3) is 0.182. The second-order valence-corrected chi connectivity index (χ2v) is 4.17. The van der Waals surface area contributed by atoms with Crippen molar-refractivity contribution in [2.45, 2.75) is 13.5 Å². The molecular formula is C11H10BrNO. The smallest absolute Gasteiger partial charge is 0.0853 e. The number of pyridine rings is 1. The maximum absolute atomic E-state index is 9.00. The molecule has 1 aromatic heterocycles. The lowest BCUT2D eigenvalue weighted by Gasteiger charge is -2.04. The van der Waals surface area contributed by atoms with Crippen LogP contribution in [0.4, 0.5) is 0 Å². The van der Waals surface area contributed by atoms with Gasteiger partial charge in [-0.3, -0.25) is 4.98 Å². The fourth-order valence-corrected chi connectivity index (χ4v) is 1.88. The lowest BCUT2D eigenvalue weighted by atomic mass is 10.1. The van der Waals surface area contributed by atoms with Gasteiger partial charge in [-0.25, -0.2) is 0 Å². The van der Waals surface area contributed by atoms with Crippen LogP contribution in [-0.4, -0.2) is 10.1 Å². The molecule has 0 amide bonds. The van der Waals surface area contributed by atoms with Crippen molar-refractivity contribution in [3.05, 3.63) is 40.0 Å². The van der Waals surface area contributed by atoms with Crippen LogP contribution in [0.1, 0.15) is 11.3 Å². The second kappa shape index (κ2) is 3.67. The summed E-state index contributed by atoms with van der Waals surface area (Å²) < 4.78 is 1.05. The summed E-state index contributed by atoms with van der Waals surface area (Å²) in [6.07, 6.45) is 0. The van der Waals surface area contributed by atoms with Crippen molar-refractivity contribution in [3.8, 4) is 0 Å². The summed E-state index contributed by atoms with van der Waals surface area (Å²) in [7, 11) is 0. The van der Waals surface area contributed by atoms with E-state index in [9.17, 15) is 0 Å². The Morgan fingerprint density at radius 3 is 2.86 bits per heavy atom. The molecule has 0 unspecified atom stereocenters. The van der Waals surface area contributed by atoms with Crippen molar-refractivity contribution >= 4 is 26.8 Å². The number of aromatic nitrogens is 1. The molecule has 3 heteroatoms. The van der Waals surface area contributed by atoms with Gasteiger partial charge in [0.15, 0.2) is 0 Å². The van der Waals surface area contributed by atoms with Crippen LogP contribution in [0.5, 0.6) is 0 Å². The summed E-state index contributed by atoms with van der Waals surface area (Å²) in [5.74, 6) is 0. The van der Waals surface area contributed by atoms with E-state index in [1.165, 1.54) is 0 Å². The van der Waals surface area contributed by atoms with E-state index < -0.39 is 0 Å². The Labute approximate surface area is 90.7 Å². The van der Waals surface area contributed by atoms with E-state index in [-0.39, 0.29) is 6.61 Å². The predicted octanol–water partition coefficient (Wildman–Crippen LogP) is 2.80. The van der Waals surface area contributed by atoms with Crippen LogP contribution in [0, 0.1) is 6.92 Å². The minimum absolute atomic E-state index is 0.00710. The number of aliphatic hydroxyl groups is 1. The maximum atomic E-state index is 9.00. The summed E-state index contributed by atoms with van der Waals surface area (Å²) in [6, 6.07) is 7.86. The lowest BCUT2D eigenvalue weighted by molar-refractivity contribution is 0.277. The molecule has 0 radical (unpaired) electrons. The number of nitrogens with zero attached hydrogens (tertiary/aromatic N) is 1. The minimum atomic E-state index is -0.00710. The number of fused-ring (bicyclic) bond motifs is 1. The Morgan fingerprint density at radius 1 is 1.36 bits per heavy atom. The molecule has 72 valence electrons. The zero-order valence-electron chi connectivity index (χ0n) is 7.79. The fourth-order valence-electron chi connectivity index (χ4n) is 1.52. The highest BCUT2D eigenvalue weighted by Crippen LogP contribution is 2.22. The van der Waals surface area contributed by atoms with Gasteiger partial charge in [-0.2, -0.15) is 0 Å². The number of benzene rings is 1. The van der Waals surface area contributed by atoms with Crippen LogP contribution in [0.25, 0.3) is 10.9 Å². The van der Waals surface area contributed by atoms with E-state index >= 15 is 0 Å². The highest BCUT2D eigenvalue weighted by atomic mass is 79.9. The van der Waals surface area contributed by atoms with Gasteiger partial charge in [0, 0.05) is 9.86 Å². The van der Waals surface area contributed by atoms with Crippen molar-refractivity contribution in [1.29, 1.82) is 0 Å². The molecule has 2 rings (SSSR count). The summed E-state index contributed by atoms with van der Waals surface area (Å²) in [5, 5.41) is 10.1. The topological polar surface area (TPSA) is 33.1 Å². The van der Waals surface area contributed by atoms with E-state index in [4.69, 9.17) is 5.11 Å². The average Bonchev–Trinajstić information content (AvgIpc) is 2.19. The molecule has 0 aliphatic rings. The van der Waals surface area contributed by atoms with Gasteiger partial charge in [-0.05, 0) is 36.8 Å². The van der Waals surface area contributed by atoms with E-state index in [1.807, 2.05) is 31.2 Å². The first-order valence-electron chi connectivity index (χ1n) is 4.37. The molecule has 1 aromatic carbocycles. The SMILES string of the molecule is Cc1cc(CO)nc2ccc(Br)cc12. The summed E-state index contributed by atoms with van der Waals surface area (Å²) in [6.45, 7) is 2.02. The van der Waals surface area contributed by atoms with Crippen molar-refractivity contribution < 1.29 is 5.11 Å². The molecule has 2 nitrogen and oxygen atoms in total. The summed E-state index contributed by atoms with van der Waals surface area (Å²) >= 11 is 3.42. The predicted molar refractivity (Wildman–Crippen MR) is 60.1 cm³/mol. The van der Waals surface area contributed by atoms with Gasteiger partial charge in [0.1, 0.15) is 0 Å². The van der Waals surface area contributed by atoms with Crippen molar-refractivity contribution in [2.75, 3.05) is 0 Å². The van der Waals surface area contributed by atoms with Gasteiger partial charge < -0.3 is 5.11 Å². The Bertz CT molecular complexity index is 482. The Balaban J connectivity index is 2.76. The molecular weight excluding hydrogens is 242 g/mol. The number of hydrogen-bond donors (Lipinski definition) is 1. The lowest BCUT2D eigenvalue weighted by Crippen LogP contribution is -1.92. The molecule has 2 aromatic rings. The first-order valence-corrected chi connectivity index (χ1v) is 5.16. The van der Waals surface area contributed by atoms with Gasteiger partial charge in [0.25, 0.3) is 0 Å². The first-order chi connectivity index (χ1) is 6.70. The van der Waals surface area contributed by atoms with Gasteiger partial charge in [0.2, 0.25) is 0 Å². The Hall–Kier alpha value is -0.930. The molecule has 0 aliphatic heterocycles. The summed E-state index contributed by atoms with van der Waals surface area (Å²) in [5.41, 5.74) is 2.79. The minimum Gasteiger partial charge on any atom is -0.390 e. The largest absolute Gasteiger partial charge is 0.390 e. The van der Waals surface area contributed by atoms with Gasteiger partial charge in [-0.15, -0.1) is 0 Å². The standard InChI is InChI=1S/C11H10BrNO/c1-7-4-9(6-14)13-11-3-2-8(12)5-10(7)11/h2-5,14H,6H2,1H3. The first kappa shape index (κ1) is 9.62. The molecule has 0 bridgehead atoms. The normalized spacial score (nSPS) is 10.8. The molecule has 0 fully saturated rings. The maximum Gasteiger partial charge on any atom is 0.0853 e. The zero-order chi connectivity index (χ0) is 10.1. The monoisotopic (exact) mass is 251 g/mol. The highest BCUT2D eigenvalue weighted by molar-refractivity contribution is 9.10. The van der Waals surface area contributed by atoms with Crippen molar-refractivity contribution in [2.24, 2.45) is 0 Å². The van der Waals surface area contributed by atoms with Gasteiger partial charge in [-0.1, -0.05) is 15.9 Å². The Kier molecular flexibility index (Phi) is 2.52. The third-order valence-corrected chi connectivity index (χ3v) is 2.69. The number of aryl methyl sites for hydroxylation is 1. The number of aliphatic hydroxyl groups excluding tert-OH is 1. The number of hydrogen-bond acceptors (Lipinski definition) is 2. The summed E-state index contributed by atoms with van der Waals surface area (Å²) in [4.78, 5) is 4.32. The van der Waals surface area contributed by atoms with E-state index in [1.54, 1.807) is 0 Å². The molecule has 0 saturated heterocycles. The third-order valence-electron chi connectivity index (χ3n) is 2.19. The van der Waals surface area contributed by atoms with E-state index in [0.717, 1.165) is 26.6 Å². The number of rotatable bonds is 1. The molecule has 0 aliphatic carbocycles. The zero-order valence-corrected chi connectivity index (χ0v) is 9.37. The van der Waals surface area contributed by atoms with Crippen LogP contribution in [0.3, 0.4) is 0 Å². The van der Waals surface area contributed by atoms with Gasteiger partial charge >= 0.3 is 0 Å². The van der Waals surface area contributed by atoms with Crippen LogP contribution < -0.4 is 0 Å². The second-order valence-electron chi connectivity index (χ2n) is 3.25. The van der Waals surface area contributed by atoms with Crippen LogP contribution in [0.15, 0.2) is 28.7 Å². The van der Waals surface area contributed by atoms with Crippen molar-refractivity contribution in [3.63, 3.8) is 0 Å². The molecule has 1 heterocycles. The van der Waals surface area contributed by atoms with Crippen LogP contribution in [-0.2, 0) is 6.61 Å². The van der Waals surface area contributed by atoms with E-state index in [0.29, 0.717) is 0 Å². The quantitative estimate of drug-likeness (QED) is 0.846. The van der Waals surface area contributed by atoms with Crippen molar-refractivity contribution in [1.82, 2.24) is 4.98 Å². The van der Waals surface area contributed by atoms with Crippen LogP contribution >= 0.6 is 15.9 Å². The third kappa shape index (κ3) is 1.65. The molecule has 1 N–H and O–H groups in total. The average molecular weight is 252 g/mol. The van der Waals surface area contributed by atoms with E-state index in [2.05, 4.69) is 20.9 Å².